The van der Waals surface area contributed by atoms with Gasteiger partial charge in [-0.25, -0.2) is 0 Å². The summed E-state index contributed by atoms with van der Waals surface area (Å²) in [6, 6.07) is 3.22. The number of aliphatic hydroxyl groups excluding tert-OH is 1. The van der Waals surface area contributed by atoms with Gasteiger partial charge in [-0.3, -0.25) is 4.79 Å². The molecular formula is C13H18O4. The van der Waals surface area contributed by atoms with Crippen molar-refractivity contribution in [2.45, 2.75) is 33.8 Å². The lowest BCUT2D eigenvalue weighted by Crippen LogP contribution is -2.31. The van der Waals surface area contributed by atoms with Gasteiger partial charge in [0, 0.05) is 0 Å². The molecule has 0 fully saturated rings. The molecule has 0 aliphatic heterocycles. The van der Waals surface area contributed by atoms with Gasteiger partial charge in [0.2, 0.25) is 0 Å². The van der Waals surface area contributed by atoms with Gasteiger partial charge in [0.05, 0.1) is 11.5 Å². The minimum Gasteiger partial charge on any atom is -0.507 e. The minimum atomic E-state index is -1.27. The van der Waals surface area contributed by atoms with E-state index in [4.69, 9.17) is 5.11 Å². The molecule has 0 aliphatic carbocycles. The van der Waals surface area contributed by atoms with Crippen LogP contribution in [0.25, 0.3) is 0 Å². The molecule has 1 aromatic rings. The zero-order chi connectivity index (χ0) is 13.4. The van der Waals surface area contributed by atoms with Crippen LogP contribution in [0.3, 0.4) is 0 Å². The van der Waals surface area contributed by atoms with Gasteiger partial charge in [0.1, 0.15) is 5.75 Å². The van der Waals surface area contributed by atoms with Crippen molar-refractivity contribution in [3.63, 3.8) is 0 Å². The monoisotopic (exact) mass is 238 g/mol. The number of aromatic hydroxyl groups is 1. The van der Waals surface area contributed by atoms with E-state index in [1.807, 2.05) is 0 Å². The number of hydrogen-bond acceptors (Lipinski definition) is 3. The molecule has 0 radical (unpaired) electrons. The summed E-state index contributed by atoms with van der Waals surface area (Å²) in [5.41, 5.74) is 0.487. The quantitative estimate of drug-likeness (QED) is 0.754. The van der Waals surface area contributed by atoms with Crippen LogP contribution in [0.2, 0.25) is 0 Å². The van der Waals surface area contributed by atoms with Gasteiger partial charge in [-0.1, -0.05) is 0 Å². The van der Waals surface area contributed by atoms with Crippen molar-refractivity contribution in [2.24, 2.45) is 5.41 Å². The number of aryl methyl sites for hydroxylation is 2. The molecule has 0 aliphatic rings. The Labute approximate surface area is 101 Å². The lowest BCUT2D eigenvalue weighted by molar-refractivity contribution is -0.153. The maximum absolute atomic E-state index is 11.1. The first-order valence-corrected chi connectivity index (χ1v) is 5.39. The summed E-state index contributed by atoms with van der Waals surface area (Å²) in [5.74, 6) is -0.887. The molecule has 0 saturated heterocycles. The van der Waals surface area contributed by atoms with Crippen LogP contribution in [0.5, 0.6) is 5.75 Å². The molecule has 0 amide bonds. The smallest absolute Gasteiger partial charge is 0.312 e. The number of carboxylic acids is 1. The van der Waals surface area contributed by atoms with Crippen LogP contribution < -0.4 is 0 Å². The third kappa shape index (κ3) is 2.42. The summed E-state index contributed by atoms with van der Waals surface area (Å²) < 4.78 is 0. The number of carboxylic acid groups (broad SMARTS) is 1. The van der Waals surface area contributed by atoms with Crippen LogP contribution in [-0.4, -0.2) is 21.3 Å². The molecule has 0 heterocycles. The molecule has 1 rings (SSSR count). The van der Waals surface area contributed by atoms with Gasteiger partial charge in [-0.2, -0.15) is 0 Å². The average Bonchev–Trinajstić information content (AvgIpc) is 2.23. The molecule has 1 aromatic carbocycles. The third-order valence-corrected chi connectivity index (χ3v) is 3.06. The zero-order valence-corrected chi connectivity index (χ0v) is 10.5. The van der Waals surface area contributed by atoms with Gasteiger partial charge in [0.15, 0.2) is 0 Å². The number of benzene rings is 1. The lowest BCUT2D eigenvalue weighted by atomic mass is 9.82. The van der Waals surface area contributed by atoms with E-state index in [1.165, 1.54) is 13.8 Å². The topological polar surface area (TPSA) is 77.8 Å². The summed E-state index contributed by atoms with van der Waals surface area (Å²) in [7, 11) is 0. The first-order valence-electron chi connectivity index (χ1n) is 5.39. The fourth-order valence-corrected chi connectivity index (χ4v) is 1.68. The normalized spacial score (nSPS) is 13.5. The summed E-state index contributed by atoms with van der Waals surface area (Å²) >= 11 is 0. The second-order valence-electron chi connectivity index (χ2n) is 4.93. The molecule has 1 atom stereocenters. The highest BCUT2D eigenvalue weighted by atomic mass is 16.4. The zero-order valence-electron chi connectivity index (χ0n) is 10.5. The number of aliphatic carboxylic acids is 1. The van der Waals surface area contributed by atoms with Crippen molar-refractivity contribution >= 4 is 5.97 Å². The highest BCUT2D eigenvalue weighted by Gasteiger charge is 2.37. The Bertz CT molecular complexity index is 426. The highest BCUT2D eigenvalue weighted by molar-refractivity contribution is 5.74. The Morgan fingerprint density at radius 3 is 2.00 bits per heavy atom. The fraction of sp³-hybridized carbons (Fsp3) is 0.462. The van der Waals surface area contributed by atoms with E-state index >= 15 is 0 Å². The van der Waals surface area contributed by atoms with E-state index in [1.54, 1.807) is 26.0 Å². The minimum absolute atomic E-state index is 0.175. The number of rotatable bonds is 3. The van der Waals surface area contributed by atoms with E-state index in [9.17, 15) is 15.0 Å². The van der Waals surface area contributed by atoms with Crippen molar-refractivity contribution < 1.29 is 20.1 Å². The fourth-order valence-electron chi connectivity index (χ4n) is 1.68. The van der Waals surface area contributed by atoms with Crippen molar-refractivity contribution in [1.82, 2.24) is 0 Å². The maximum Gasteiger partial charge on any atom is 0.312 e. The molecule has 0 aromatic heterocycles. The molecule has 0 spiro atoms. The third-order valence-electron chi connectivity index (χ3n) is 3.06. The van der Waals surface area contributed by atoms with Gasteiger partial charge in [-0.05, 0) is 56.5 Å². The average molecular weight is 238 g/mol. The molecule has 0 bridgehead atoms. The highest BCUT2D eigenvalue weighted by Crippen LogP contribution is 2.36. The molecule has 94 valence electrons. The van der Waals surface area contributed by atoms with Gasteiger partial charge in [-0.15, -0.1) is 0 Å². The molecule has 4 nitrogen and oxygen atoms in total. The predicted molar refractivity (Wildman–Crippen MR) is 64.0 cm³/mol. The van der Waals surface area contributed by atoms with E-state index in [0.717, 1.165) is 0 Å². The summed E-state index contributed by atoms with van der Waals surface area (Å²) in [5, 5.41) is 28.8. The number of hydrogen-bond donors (Lipinski definition) is 3. The summed E-state index contributed by atoms with van der Waals surface area (Å²) in [6.45, 7) is 6.37. The predicted octanol–water partition coefficient (Wildman–Crippen LogP) is 2.15. The Kier molecular flexibility index (Phi) is 3.48. The van der Waals surface area contributed by atoms with Gasteiger partial charge in [0.25, 0.3) is 0 Å². The van der Waals surface area contributed by atoms with Crippen LogP contribution in [0.15, 0.2) is 12.1 Å². The van der Waals surface area contributed by atoms with Crippen LogP contribution >= 0.6 is 0 Å². The molecule has 1 unspecified atom stereocenters. The standard InChI is InChI=1S/C13H18O4/c1-7-5-9(6-8(2)10(7)14)11(15)13(3,4)12(16)17/h5-6,11,14-15H,1-4H3,(H,16,17). The van der Waals surface area contributed by atoms with E-state index in [0.29, 0.717) is 16.7 Å². The van der Waals surface area contributed by atoms with Crippen molar-refractivity contribution in [3.8, 4) is 5.75 Å². The lowest BCUT2D eigenvalue weighted by Gasteiger charge is -2.26. The Morgan fingerprint density at radius 2 is 1.65 bits per heavy atom. The van der Waals surface area contributed by atoms with E-state index in [2.05, 4.69) is 0 Å². The number of carbonyl (C=O) groups is 1. The molecule has 17 heavy (non-hydrogen) atoms. The number of aliphatic hydroxyl groups is 1. The van der Waals surface area contributed by atoms with Crippen molar-refractivity contribution in [1.29, 1.82) is 0 Å². The molecule has 4 heteroatoms. The Hall–Kier alpha value is -1.55. The van der Waals surface area contributed by atoms with E-state index < -0.39 is 17.5 Å². The second-order valence-corrected chi connectivity index (χ2v) is 4.93. The first-order chi connectivity index (χ1) is 7.67. The van der Waals surface area contributed by atoms with Crippen LogP contribution in [0.4, 0.5) is 0 Å². The molecule has 3 N–H and O–H groups in total. The Morgan fingerprint density at radius 1 is 1.24 bits per heavy atom. The van der Waals surface area contributed by atoms with Crippen molar-refractivity contribution in [2.75, 3.05) is 0 Å². The van der Waals surface area contributed by atoms with Crippen LogP contribution in [-0.2, 0) is 4.79 Å². The summed E-state index contributed by atoms with van der Waals surface area (Å²) in [4.78, 5) is 11.1. The second kappa shape index (κ2) is 4.37. The van der Waals surface area contributed by atoms with Crippen molar-refractivity contribution in [3.05, 3.63) is 28.8 Å². The molecule has 0 saturated carbocycles. The number of phenolic OH excluding ortho intramolecular Hbond substituents is 1. The Balaban J connectivity index is 3.22. The van der Waals surface area contributed by atoms with Crippen LogP contribution in [0, 0.1) is 19.3 Å². The summed E-state index contributed by atoms with van der Waals surface area (Å²) in [6.07, 6.45) is -1.11. The first kappa shape index (κ1) is 13.5. The maximum atomic E-state index is 11.1. The SMILES string of the molecule is Cc1cc(C(O)C(C)(C)C(=O)O)cc(C)c1O. The largest absolute Gasteiger partial charge is 0.507 e. The van der Waals surface area contributed by atoms with E-state index in [-0.39, 0.29) is 5.75 Å². The van der Waals surface area contributed by atoms with Gasteiger partial charge >= 0.3 is 5.97 Å². The number of phenols is 1. The van der Waals surface area contributed by atoms with Gasteiger partial charge < -0.3 is 15.3 Å². The van der Waals surface area contributed by atoms with Crippen LogP contribution in [0.1, 0.15) is 36.6 Å². The molecular weight excluding hydrogens is 220 g/mol.